The molecular formula is C14H12N2O6. The number of hydrogen-bond donors (Lipinski definition) is 1. The van der Waals surface area contributed by atoms with Gasteiger partial charge in [0.25, 0.3) is 5.91 Å². The first-order chi connectivity index (χ1) is 10.4. The highest BCUT2D eigenvalue weighted by molar-refractivity contribution is 6.04. The Labute approximate surface area is 124 Å². The van der Waals surface area contributed by atoms with Crippen LogP contribution in [-0.2, 0) is 4.74 Å². The van der Waals surface area contributed by atoms with E-state index in [1.807, 2.05) is 0 Å². The average molecular weight is 304 g/mol. The largest absolute Gasteiger partial charge is 0.465 e. The number of nitrogens with zero attached hydrogens (tertiary/aromatic N) is 1. The van der Waals surface area contributed by atoms with E-state index in [4.69, 9.17) is 4.42 Å². The van der Waals surface area contributed by atoms with Gasteiger partial charge in [-0.05, 0) is 30.7 Å². The molecule has 0 saturated heterocycles. The summed E-state index contributed by atoms with van der Waals surface area (Å²) in [5, 5.41) is 13.1. The molecule has 8 heteroatoms. The molecule has 0 radical (unpaired) electrons. The third-order valence-electron chi connectivity index (χ3n) is 2.98. The van der Waals surface area contributed by atoms with Crippen LogP contribution in [0.5, 0.6) is 0 Å². The summed E-state index contributed by atoms with van der Waals surface area (Å²) in [5.41, 5.74) is 1.21. The smallest absolute Gasteiger partial charge is 0.433 e. The van der Waals surface area contributed by atoms with Gasteiger partial charge in [0.15, 0.2) is 5.76 Å². The highest BCUT2D eigenvalue weighted by Gasteiger charge is 2.19. The van der Waals surface area contributed by atoms with Gasteiger partial charge >= 0.3 is 11.9 Å². The molecule has 0 saturated carbocycles. The topological polar surface area (TPSA) is 112 Å². The van der Waals surface area contributed by atoms with Crippen LogP contribution in [0.25, 0.3) is 0 Å². The summed E-state index contributed by atoms with van der Waals surface area (Å²) in [4.78, 5) is 33.4. The lowest BCUT2D eigenvalue weighted by molar-refractivity contribution is -0.402. The predicted octanol–water partition coefficient (Wildman–Crippen LogP) is 2.54. The summed E-state index contributed by atoms with van der Waals surface area (Å²) < 4.78 is 9.46. The van der Waals surface area contributed by atoms with Gasteiger partial charge in [-0.1, -0.05) is 6.07 Å². The van der Waals surface area contributed by atoms with Crippen molar-refractivity contribution >= 4 is 23.4 Å². The van der Waals surface area contributed by atoms with Gasteiger partial charge in [-0.15, -0.1) is 0 Å². The Morgan fingerprint density at radius 2 is 2.00 bits per heavy atom. The standard InChI is InChI=1S/C14H12N2O6/c1-8-9(14(18)21-2)4-3-5-10(8)15-13(17)11-6-7-12(22-11)16(19)20/h3-7H,1-2H3,(H,15,17). The normalized spacial score (nSPS) is 10.1. The van der Waals surface area contributed by atoms with E-state index >= 15 is 0 Å². The number of nitrogens with one attached hydrogen (secondary N) is 1. The summed E-state index contributed by atoms with van der Waals surface area (Å²) in [5.74, 6) is -1.90. The van der Waals surface area contributed by atoms with Crippen LogP contribution in [0.4, 0.5) is 11.6 Å². The van der Waals surface area contributed by atoms with Gasteiger partial charge in [0.1, 0.15) is 4.92 Å². The maximum Gasteiger partial charge on any atom is 0.433 e. The Balaban J connectivity index is 2.24. The third kappa shape index (κ3) is 2.95. The number of carbonyl (C=O) groups excluding carboxylic acids is 2. The minimum absolute atomic E-state index is 0.199. The Hall–Kier alpha value is -3.16. The number of nitro groups is 1. The molecule has 0 spiro atoms. The molecule has 1 amide bonds. The molecule has 0 aliphatic heterocycles. The fourth-order valence-corrected chi connectivity index (χ4v) is 1.83. The van der Waals surface area contributed by atoms with Crippen molar-refractivity contribution in [2.75, 3.05) is 12.4 Å². The minimum atomic E-state index is -0.736. The second kappa shape index (κ2) is 6.08. The molecule has 2 rings (SSSR count). The number of esters is 1. The molecular weight excluding hydrogens is 292 g/mol. The van der Waals surface area contributed by atoms with Crippen molar-refractivity contribution in [1.29, 1.82) is 0 Å². The van der Waals surface area contributed by atoms with E-state index in [9.17, 15) is 19.7 Å². The maximum absolute atomic E-state index is 12.0. The van der Waals surface area contributed by atoms with Crippen LogP contribution in [0.15, 0.2) is 34.7 Å². The number of benzene rings is 1. The second-order valence-corrected chi connectivity index (χ2v) is 4.32. The van der Waals surface area contributed by atoms with E-state index in [0.29, 0.717) is 16.8 Å². The minimum Gasteiger partial charge on any atom is -0.465 e. The Morgan fingerprint density at radius 3 is 2.59 bits per heavy atom. The highest BCUT2D eigenvalue weighted by Crippen LogP contribution is 2.22. The first-order valence-corrected chi connectivity index (χ1v) is 6.17. The monoisotopic (exact) mass is 304 g/mol. The average Bonchev–Trinajstić information content (AvgIpc) is 2.99. The predicted molar refractivity (Wildman–Crippen MR) is 75.8 cm³/mol. The molecule has 1 heterocycles. The zero-order valence-corrected chi connectivity index (χ0v) is 11.8. The summed E-state index contributed by atoms with van der Waals surface area (Å²) >= 11 is 0. The van der Waals surface area contributed by atoms with Crippen LogP contribution < -0.4 is 5.32 Å². The molecule has 0 aliphatic carbocycles. The molecule has 114 valence electrons. The molecule has 0 unspecified atom stereocenters. The van der Waals surface area contributed by atoms with Gasteiger partial charge in [0.2, 0.25) is 0 Å². The maximum atomic E-state index is 12.0. The highest BCUT2D eigenvalue weighted by atomic mass is 16.6. The summed E-state index contributed by atoms with van der Waals surface area (Å²) in [6, 6.07) is 7.03. The molecule has 8 nitrogen and oxygen atoms in total. The molecule has 2 aromatic rings. The van der Waals surface area contributed by atoms with Gasteiger partial charge in [-0.25, -0.2) is 4.79 Å². The first-order valence-electron chi connectivity index (χ1n) is 6.17. The van der Waals surface area contributed by atoms with Gasteiger partial charge < -0.3 is 14.5 Å². The number of anilines is 1. The molecule has 1 aromatic carbocycles. The van der Waals surface area contributed by atoms with Crippen LogP contribution in [0, 0.1) is 17.0 Å². The van der Waals surface area contributed by atoms with E-state index in [1.165, 1.54) is 13.2 Å². The van der Waals surface area contributed by atoms with Gasteiger partial charge in [-0.3, -0.25) is 14.9 Å². The van der Waals surface area contributed by atoms with E-state index < -0.39 is 22.7 Å². The van der Waals surface area contributed by atoms with E-state index in [2.05, 4.69) is 10.1 Å². The van der Waals surface area contributed by atoms with Gasteiger partial charge in [-0.2, -0.15) is 0 Å². The summed E-state index contributed by atoms with van der Waals surface area (Å²) in [6.07, 6.45) is 0. The Bertz CT molecular complexity index is 750. The van der Waals surface area contributed by atoms with Crippen molar-refractivity contribution in [2.24, 2.45) is 0 Å². The third-order valence-corrected chi connectivity index (χ3v) is 2.98. The zero-order chi connectivity index (χ0) is 16.3. The number of amides is 1. The zero-order valence-electron chi connectivity index (χ0n) is 11.8. The van der Waals surface area contributed by atoms with Crippen LogP contribution in [0.1, 0.15) is 26.5 Å². The van der Waals surface area contributed by atoms with Crippen LogP contribution in [0.3, 0.4) is 0 Å². The number of rotatable bonds is 4. The van der Waals surface area contributed by atoms with Crippen molar-refractivity contribution in [3.05, 3.63) is 57.3 Å². The fraction of sp³-hybridized carbons (Fsp3) is 0.143. The molecule has 1 N–H and O–H groups in total. The molecule has 0 atom stereocenters. The van der Waals surface area contributed by atoms with Gasteiger partial charge in [0.05, 0.1) is 18.7 Å². The molecule has 0 aliphatic rings. The van der Waals surface area contributed by atoms with Crippen molar-refractivity contribution in [2.45, 2.75) is 6.92 Å². The number of ether oxygens (including phenoxy) is 1. The summed E-state index contributed by atoms with van der Waals surface area (Å²) in [7, 11) is 1.26. The molecule has 0 bridgehead atoms. The van der Waals surface area contributed by atoms with E-state index in [-0.39, 0.29) is 5.76 Å². The molecule has 1 aromatic heterocycles. The molecule has 22 heavy (non-hydrogen) atoms. The van der Waals surface area contributed by atoms with E-state index in [1.54, 1.807) is 25.1 Å². The van der Waals surface area contributed by atoms with E-state index in [0.717, 1.165) is 6.07 Å². The quantitative estimate of drug-likeness (QED) is 0.527. The SMILES string of the molecule is COC(=O)c1cccc(NC(=O)c2ccc([N+](=O)[O-])o2)c1C. The van der Waals surface area contributed by atoms with Crippen molar-refractivity contribution in [3.63, 3.8) is 0 Å². The lowest BCUT2D eigenvalue weighted by Gasteiger charge is -2.10. The second-order valence-electron chi connectivity index (χ2n) is 4.32. The number of furan rings is 1. The van der Waals surface area contributed by atoms with Crippen molar-refractivity contribution in [3.8, 4) is 0 Å². The van der Waals surface area contributed by atoms with Crippen molar-refractivity contribution < 1.29 is 23.7 Å². The summed E-state index contributed by atoms with van der Waals surface area (Å²) in [6.45, 7) is 1.65. The van der Waals surface area contributed by atoms with Gasteiger partial charge in [0, 0.05) is 5.69 Å². The van der Waals surface area contributed by atoms with Crippen LogP contribution in [-0.4, -0.2) is 23.9 Å². The number of hydrogen-bond acceptors (Lipinski definition) is 6. The van der Waals surface area contributed by atoms with Crippen molar-refractivity contribution in [1.82, 2.24) is 0 Å². The lowest BCUT2D eigenvalue weighted by atomic mass is 10.1. The number of carbonyl (C=O) groups is 2. The molecule has 0 fully saturated rings. The number of methoxy groups -OCH3 is 1. The van der Waals surface area contributed by atoms with Crippen LogP contribution in [0.2, 0.25) is 0 Å². The fourth-order valence-electron chi connectivity index (χ4n) is 1.83. The van der Waals surface area contributed by atoms with Crippen LogP contribution >= 0.6 is 0 Å². The lowest BCUT2D eigenvalue weighted by Crippen LogP contribution is -2.13. The Kier molecular flexibility index (Phi) is 4.21. The first kappa shape index (κ1) is 15.2. The Morgan fingerprint density at radius 1 is 1.27 bits per heavy atom.